The third-order valence-electron chi connectivity index (χ3n) is 6.37. The van der Waals surface area contributed by atoms with Crippen molar-refractivity contribution >= 4 is 5.91 Å². The number of nitrogens with one attached hydrogen (secondary N) is 1. The average molecular weight is 649 g/mol. The maximum absolute atomic E-state index is 14.8. The van der Waals surface area contributed by atoms with Gasteiger partial charge in [-0.25, -0.2) is 8.78 Å². The van der Waals surface area contributed by atoms with E-state index in [-0.39, 0.29) is 11.6 Å². The molecule has 5 nitrogen and oxygen atoms in total. The zero-order valence-corrected chi connectivity index (χ0v) is 21.5. The topological polar surface area (TPSA) is 78.8 Å². The summed E-state index contributed by atoms with van der Waals surface area (Å²) in [6.45, 7) is 0. The summed E-state index contributed by atoms with van der Waals surface area (Å²) in [7, 11) is 0. The van der Waals surface area contributed by atoms with Crippen LogP contribution in [0.15, 0.2) is 72.8 Å². The molecule has 0 fully saturated rings. The molecule has 0 aliphatic heterocycles. The Hall–Kier alpha value is -3.99. The summed E-state index contributed by atoms with van der Waals surface area (Å²) in [4.78, 5) is 13.1. The van der Waals surface area contributed by atoms with Gasteiger partial charge in [0.1, 0.15) is 17.4 Å². The van der Waals surface area contributed by atoms with Crippen LogP contribution in [-0.4, -0.2) is 52.7 Å². The van der Waals surface area contributed by atoms with Crippen molar-refractivity contribution in [2.24, 2.45) is 0 Å². The number of ether oxygens (including phenoxy) is 1. The number of hydrogen-bond acceptors (Lipinski definition) is 4. The minimum Gasteiger partial charge on any atom is -0.428 e. The van der Waals surface area contributed by atoms with E-state index in [1.807, 2.05) is 0 Å². The number of hydrogen-bond donors (Lipinski definition) is 3. The predicted octanol–water partition coefficient (Wildman–Crippen LogP) is 6.02. The van der Waals surface area contributed by atoms with Crippen molar-refractivity contribution in [3.63, 3.8) is 0 Å². The molecule has 240 valence electrons. The van der Waals surface area contributed by atoms with Crippen LogP contribution in [0.25, 0.3) is 0 Å². The molecule has 0 aliphatic rings. The number of alkyl halides is 10. The lowest BCUT2D eigenvalue weighted by molar-refractivity contribution is -0.386. The number of rotatable bonds is 10. The highest BCUT2D eigenvalue weighted by Gasteiger charge is 2.76. The van der Waals surface area contributed by atoms with Gasteiger partial charge in [0.25, 0.3) is 11.5 Å². The summed E-state index contributed by atoms with van der Waals surface area (Å²) in [5.74, 6) is -6.38. The molecule has 3 rings (SSSR count). The molecule has 3 N–H and O–H groups in total. The fraction of sp³-hybridized carbons (Fsp3) is 0.296. The zero-order chi connectivity index (χ0) is 33.3. The highest BCUT2D eigenvalue weighted by Crippen LogP contribution is 2.46. The quantitative estimate of drug-likeness (QED) is 0.235. The molecule has 0 saturated carbocycles. The molecule has 0 saturated heterocycles. The molecule has 0 spiro atoms. The van der Waals surface area contributed by atoms with Gasteiger partial charge in [-0.1, -0.05) is 42.5 Å². The number of benzene rings is 3. The zero-order valence-electron chi connectivity index (χ0n) is 21.5. The maximum atomic E-state index is 14.8. The molecule has 44 heavy (non-hydrogen) atoms. The summed E-state index contributed by atoms with van der Waals surface area (Å²) < 4.78 is 166. The molecule has 0 bridgehead atoms. The Balaban J connectivity index is 2.34. The monoisotopic (exact) mass is 649 g/mol. The molecular weight excluding hydrogens is 630 g/mol. The molecule has 0 aromatic heterocycles. The van der Waals surface area contributed by atoms with Gasteiger partial charge < -0.3 is 20.3 Å². The molecule has 1 amide bonds. The summed E-state index contributed by atoms with van der Waals surface area (Å²) in [5, 5.41) is 21.4. The molecule has 2 unspecified atom stereocenters. The lowest BCUT2D eigenvalue weighted by atomic mass is 9.77. The van der Waals surface area contributed by atoms with Gasteiger partial charge in [-0.3, -0.25) is 4.79 Å². The van der Waals surface area contributed by atoms with Gasteiger partial charge in [0.15, 0.2) is 6.10 Å². The smallest absolute Gasteiger partial charge is 0.428 e. The summed E-state index contributed by atoms with van der Waals surface area (Å²) in [6.07, 6.45) is -28.2. The van der Waals surface area contributed by atoms with E-state index in [0.717, 1.165) is 12.1 Å². The third-order valence-corrected chi connectivity index (χ3v) is 6.37. The van der Waals surface area contributed by atoms with Crippen molar-refractivity contribution in [1.29, 1.82) is 0 Å². The summed E-state index contributed by atoms with van der Waals surface area (Å²) >= 11 is 0. The summed E-state index contributed by atoms with van der Waals surface area (Å²) in [6, 6.07) is 10.9. The van der Waals surface area contributed by atoms with Crippen LogP contribution in [0.2, 0.25) is 0 Å². The van der Waals surface area contributed by atoms with Gasteiger partial charge in [0.05, 0.1) is 5.54 Å². The number of halogens is 12. The van der Waals surface area contributed by atoms with Crippen LogP contribution in [0.4, 0.5) is 52.7 Å². The Morgan fingerprint density at radius 1 is 0.773 bits per heavy atom. The van der Waals surface area contributed by atoms with Crippen LogP contribution in [0.1, 0.15) is 16.7 Å². The first-order valence-corrected chi connectivity index (χ1v) is 12.0. The Morgan fingerprint density at radius 2 is 1.32 bits per heavy atom. The average Bonchev–Trinajstić information content (AvgIpc) is 2.90. The number of carbonyl (C=O) groups excluding carboxylic acids is 1. The van der Waals surface area contributed by atoms with Crippen LogP contribution < -0.4 is 10.1 Å². The van der Waals surface area contributed by atoms with Gasteiger partial charge in [-0.15, -0.1) is 0 Å². The second kappa shape index (κ2) is 12.2. The minimum atomic E-state index is -6.69. The van der Waals surface area contributed by atoms with Gasteiger partial charge >= 0.3 is 24.9 Å². The van der Waals surface area contributed by atoms with Gasteiger partial charge in [-0.2, -0.15) is 43.9 Å². The highest BCUT2D eigenvalue weighted by molar-refractivity contribution is 5.84. The molecular formula is C27H19F12NO4. The number of amides is 1. The summed E-state index contributed by atoms with van der Waals surface area (Å²) in [5.41, 5.74) is -9.90. The predicted molar refractivity (Wildman–Crippen MR) is 127 cm³/mol. The number of aliphatic hydroxyl groups excluding tert-OH is 1. The molecule has 0 aliphatic carbocycles. The van der Waals surface area contributed by atoms with Crippen molar-refractivity contribution < 1.29 is 72.4 Å². The standard InChI is InChI=1S/C27H19F12NO4/c28-17-8-6-15(7-9-17)23(13-14-4-2-1-3-5-14,16-10-18(29)12-19(11-16)44-25(32,33)22(30)31)40-21(42)20(41)24(43,26(34,35)36)27(37,38)39/h1-12,20,22,41,43H,13H2,(H,40,42). The van der Waals surface area contributed by atoms with Crippen molar-refractivity contribution in [1.82, 2.24) is 5.32 Å². The highest BCUT2D eigenvalue weighted by atomic mass is 19.4. The van der Waals surface area contributed by atoms with Crippen molar-refractivity contribution in [2.75, 3.05) is 0 Å². The van der Waals surface area contributed by atoms with Crippen LogP contribution in [-0.2, 0) is 16.8 Å². The van der Waals surface area contributed by atoms with E-state index in [1.54, 1.807) is 5.32 Å². The first-order chi connectivity index (χ1) is 20.1. The van der Waals surface area contributed by atoms with Crippen LogP contribution >= 0.6 is 0 Å². The first-order valence-electron chi connectivity index (χ1n) is 12.0. The van der Waals surface area contributed by atoms with Crippen LogP contribution in [0, 0.1) is 11.6 Å². The van der Waals surface area contributed by atoms with Crippen molar-refractivity contribution in [3.8, 4) is 5.75 Å². The van der Waals surface area contributed by atoms with Crippen LogP contribution in [0.3, 0.4) is 0 Å². The molecule has 2 atom stereocenters. The first kappa shape index (κ1) is 34.5. The van der Waals surface area contributed by atoms with Crippen molar-refractivity contribution in [2.45, 2.75) is 48.6 Å². The van der Waals surface area contributed by atoms with E-state index >= 15 is 0 Å². The van der Waals surface area contributed by atoms with E-state index in [1.165, 1.54) is 30.3 Å². The van der Waals surface area contributed by atoms with E-state index in [9.17, 15) is 67.7 Å². The van der Waals surface area contributed by atoms with Crippen LogP contribution in [0.5, 0.6) is 5.75 Å². The Kier molecular flexibility index (Phi) is 9.55. The Morgan fingerprint density at radius 3 is 1.82 bits per heavy atom. The Bertz CT molecular complexity index is 1430. The molecule has 3 aromatic carbocycles. The largest absolute Gasteiger partial charge is 0.461 e. The fourth-order valence-electron chi connectivity index (χ4n) is 4.20. The second-order valence-electron chi connectivity index (χ2n) is 9.37. The Labute approximate surface area is 239 Å². The van der Waals surface area contributed by atoms with E-state index in [4.69, 9.17) is 0 Å². The van der Waals surface area contributed by atoms with Gasteiger partial charge in [-0.05, 0) is 41.0 Å². The van der Waals surface area contributed by atoms with E-state index in [0.29, 0.717) is 24.3 Å². The third kappa shape index (κ3) is 6.88. The van der Waals surface area contributed by atoms with Gasteiger partial charge in [0, 0.05) is 12.5 Å². The lowest BCUT2D eigenvalue weighted by Gasteiger charge is -2.40. The normalized spacial score (nSPS) is 15.1. The maximum Gasteiger partial charge on any atom is 0.461 e. The van der Waals surface area contributed by atoms with E-state index < -0.39 is 83.0 Å². The lowest BCUT2D eigenvalue weighted by Crippen LogP contribution is -2.69. The number of carbonyl (C=O) groups is 1. The molecule has 17 heteroatoms. The molecule has 0 heterocycles. The van der Waals surface area contributed by atoms with E-state index in [2.05, 4.69) is 4.74 Å². The second-order valence-corrected chi connectivity index (χ2v) is 9.37. The molecule has 3 aromatic rings. The fourth-order valence-corrected chi connectivity index (χ4v) is 4.20. The van der Waals surface area contributed by atoms with Crippen molar-refractivity contribution in [3.05, 3.63) is 101 Å². The SMILES string of the molecule is O=C(NC(Cc1ccccc1)(c1ccc(F)cc1)c1cc(F)cc(OC(F)(F)C(F)F)c1)C(O)C(O)(C(F)(F)F)C(F)(F)F. The number of aliphatic hydroxyl groups is 2. The molecule has 0 radical (unpaired) electrons. The minimum absolute atomic E-state index is 0.0816. The van der Waals surface area contributed by atoms with Gasteiger partial charge in [0.2, 0.25) is 0 Å².